The highest BCUT2D eigenvalue weighted by Gasteiger charge is 2.24. The molecule has 17 aromatic carbocycles. The zero-order chi connectivity index (χ0) is 88.1. The Hall–Kier alpha value is -18.2. The summed E-state index contributed by atoms with van der Waals surface area (Å²) in [7, 11) is 0. The Balaban J connectivity index is 0.000000110. The second-order valence-corrected chi connectivity index (χ2v) is 32.7. The van der Waals surface area contributed by atoms with Crippen molar-refractivity contribution in [2.24, 2.45) is 0 Å². The van der Waals surface area contributed by atoms with Crippen LogP contribution in [0.15, 0.2) is 462 Å². The molecule has 0 aliphatic carbocycles. The number of para-hydroxylation sites is 7. The van der Waals surface area contributed by atoms with Crippen molar-refractivity contribution < 1.29 is 13.3 Å². The lowest BCUT2D eigenvalue weighted by Crippen LogP contribution is -2.00. The van der Waals surface area contributed by atoms with Gasteiger partial charge in [0.2, 0.25) is 0 Å². The average Bonchev–Trinajstić information content (AvgIpc) is 1.60. The molecule has 0 unspecified atom stereocenters. The summed E-state index contributed by atoms with van der Waals surface area (Å²) in [6.45, 7) is 0. The minimum absolute atomic E-state index is 0.636. The maximum atomic E-state index is 6.41. The van der Waals surface area contributed by atoms with Crippen LogP contribution in [0.3, 0.4) is 0 Å². The van der Waals surface area contributed by atoms with Crippen molar-refractivity contribution in [3.05, 3.63) is 449 Å². The molecule has 0 bridgehead atoms. The Labute approximate surface area is 763 Å². The lowest BCUT2D eigenvalue weighted by molar-refractivity contribution is 0.668. The first-order valence-corrected chi connectivity index (χ1v) is 44.2. The van der Waals surface area contributed by atoms with Crippen molar-refractivity contribution in [1.29, 1.82) is 0 Å². The van der Waals surface area contributed by atoms with Crippen LogP contribution in [-0.4, -0.2) is 49.8 Å². The lowest BCUT2D eigenvalue weighted by Gasteiger charge is -2.10. The molecule has 0 aliphatic heterocycles. The molecule has 0 spiro atoms. The van der Waals surface area contributed by atoms with Crippen LogP contribution >= 0.6 is 0 Å². The molecule has 133 heavy (non-hydrogen) atoms. The van der Waals surface area contributed by atoms with E-state index in [4.69, 9.17) is 63.1 Å². The van der Waals surface area contributed by atoms with Crippen molar-refractivity contribution in [3.8, 4) is 147 Å². The molecule has 13 nitrogen and oxygen atoms in total. The van der Waals surface area contributed by atoms with E-state index in [-0.39, 0.29) is 0 Å². The molecular weight excluding hydrogens is 1630 g/mol. The smallest absolute Gasteiger partial charge is 0.164 e. The fourth-order valence-corrected chi connectivity index (χ4v) is 18.0. The second-order valence-electron chi connectivity index (χ2n) is 32.7. The number of benzene rings is 17. The topological polar surface area (TPSA) is 168 Å². The third-order valence-corrected chi connectivity index (χ3v) is 24.5. The molecule has 0 aliphatic rings. The van der Waals surface area contributed by atoms with Crippen molar-refractivity contribution in [3.63, 3.8) is 0 Å². The molecule has 0 N–H and O–H groups in total. The third kappa shape index (κ3) is 14.9. The van der Waals surface area contributed by atoms with E-state index in [0.717, 1.165) is 227 Å². The van der Waals surface area contributed by atoms with E-state index in [0.29, 0.717) is 29.1 Å². The van der Waals surface area contributed by atoms with E-state index < -0.39 is 0 Å². The number of rotatable bonds is 13. The van der Waals surface area contributed by atoms with E-state index in [2.05, 4.69) is 249 Å². The van der Waals surface area contributed by atoms with Crippen LogP contribution in [-0.2, 0) is 0 Å². The van der Waals surface area contributed by atoms with Crippen molar-refractivity contribution in [1.82, 2.24) is 49.8 Å². The van der Waals surface area contributed by atoms with Gasteiger partial charge in [-0.25, -0.2) is 49.8 Å². The highest BCUT2D eigenvalue weighted by molar-refractivity contribution is 6.23. The maximum absolute atomic E-state index is 6.41. The van der Waals surface area contributed by atoms with E-state index in [1.165, 1.54) is 0 Å². The Kier molecular flexibility index (Phi) is 19.9. The fourth-order valence-electron chi connectivity index (χ4n) is 18.0. The molecule has 0 saturated heterocycles. The first kappa shape index (κ1) is 78.3. The highest BCUT2D eigenvalue weighted by atomic mass is 16.3. The molecule has 13 heteroatoms. The number of hydrogen-bond acceptors (Lipinski definition) is 13. The summed E-state index contributed by atoms with van der Waals surface area (Å²) in [5, 5.41) is 10.9. The van der Waals surface area contributed by atoms with Gasteiger partial charge in [-0.15, -0.1) is 0 Å². The second kappa shape index (κ2) is 33.9. The highest BCUT2D eigenvalue weighted by Crippen LogP contribution is 2.45. The number of hydrogen-bond donors (Lipinski definition) is 0. The summed E-state index contributed by atoms with van der Waals surface area (Å²) in [4.78, 5) is 49.6. The first-order chi connectivity index (χ1) is 65.9. The monoisotopic (exact) mass is 1700 g/mol. The quantitative estimate of drug-likeness (QED) is 0.107. The van der Waals surface area contributed by atoms with Gasteiger partial charge in [-0.2, -0.15) is 0 Å². The number of fused-ring (bicyclic) bond motifs is 16. The van der Waals surface area contributed by atoms with Gasteiger partial charge in [-0.1, -0.05) is 400 Å². The normalized spacial score (nSPS) is 11.5. The average molecular weight is 1700 g/mol. The van der Waals surface area contributed by atoms with Gasteiger partial charge >= 0.3 is 0 Å². The van der Waals surface area contributed by atoms with Crippen molar-refractivity contribution in [2.75, 3.05) is 0 Å². The Morgan fingerprint density at radius 2 is 0.353 bits per heavy atom. The van der Waals surface area contributed by atoms with Gasteiger partial charge in [0.15, 0.2) is 45.9 Å². The van der Waals surface area contributed by atoms with Crippen LogP contribution < -0.4 is 0 Å². The van der Waals surface area contributed by atoms with Gasteiger partial charge in [0.05, 0.1) is 39.1 Å². The van der Waals surface area contributed by atoms with Gasteiger partial charge in [-0.05, 0) is 70.8 Å². The van der Waals surface area contributed by atoms with Crippen LogP contribution in [0, 0.1) is 0 Å². The number of aromatic nitrogens is 10. The minimum Gasteiger partial charge on any atom is -0.454 e. The molecule has 26 aromatic rings. The fraction of sp³-hybridized carbons (Fsp3) is 0. The predicted octanol–water partition coefficient (Wildman–Crippen LogP) is 31.0. The van der Waals surface area contributed by atoms with Crippen LogP contribution in [0.25, 0.3) is 256 Å². The number of furan rings is 3. The molecule has 9 heterocycles. The summed E-state index contributed by atoms with van der Waals surface area (Å²) in [6.07, 6.45) is 0. The van der Waals surface area contributed by atoms with Crippen LogP contribution in [0.1, 0.15) is 0 Å². The summed E-state index contributed by atoms with van der Waals surface area (Å²) in [5.74, 6) is 3.35. The molecule has 9 aromatic heterocycles. The molecule has 0 saturated carbocycles. The molecule has 26 rings (SSSR count). The van der Waals surface area contributed by atoms with Gasteiger partial charge < -0.3 is 13.3 Å². The van der Waals surface area contributed by atoms with E-state index in [1.807, 2.05) is 200 Å². The zero-order valence-electron chi connectivity index (χ0n) is 71.4. The van der Waals surface area contributed by atoms with Crippen LogP contribution in [0.2, 0.25) is 0 Å². The number of nitrogens with zero attached hydrogens (tertiary/aromatic N) is 10. The van der Waals surface area contributed by atoms with E-state index in [1.54, 1.807) is 0 Å². The Morgan fingerprint density at radius 1 is 0.135 bits per heavy atom. The SMILES string of the molecule is c1ccc(-c2cc(-c3ccccc3)nc(-c3ccc(-c4ccc(-c5nc6ccccc6c6c5oc5ccccc56)cc4)cc3)n2)cc1.c1ccc(-c2nc(-c3ccc(-c4nc5ccccc5c5c4oc4ccccc45)cc3)c3ccccc3n2)cc1.c1ccc(-c2nc(-c3ccccc3)nc(-c3ccc(-c4ccc(-c5nc6ccccc6c6c5oc5ccccc56)cc4)cc3)n2)cc1. The first-order valence-electron chi connectivity index (χ1n) is 44.2. The van der Waals surface area contributed by atoms with E-state index in [9.17, 15) is 0 Å². The lowest BCUT2D eigenvalue weighted by atomic mass is 9.99. The van der Waals surface area contributed by atoms with Crippen LogP contribution in [0.5, 0.6) is 0 Å². The summed E-state index contributed by atoms with van der Waals surface area (Å²) >= 11 is 0. The Bertz CT molecular complexity index is 8410. The summed E-state index contributed by atoms with van der Waals surface area (Å²) in [5.41, 5.74) is 29.4. The van der Waals surface area contributed by atoms with Gasteiger partial charge in [0.1, 0.15) is 33.8 Å². The molecule has 0 atom stereocenters. The zero-order valence-corrected chi connectivity index (χ0v) is 71.4. The van der Waals surface area contributed by atoms with Crippen molar-refractivity contribution >= 4 is 109 Å². The summed E-state index contributed by atoms with van der Waals surface area (Å²) in [6, 6.07) is 153. The number of pyridine rings is 3. The largest absolute Gasteiger partial charge is 0.454 e. The van der Waals surface area contributed by atoms with Gasteiger partial charge in [0, 0.05) is 115 Å². The Morgan fingerprint density at radius 3 is 0.669 bits per heavy atom. The van der Waals surface area contributed by atoms with Crippen LogP contribution in [0.4, 0.5) is 0 Å². The van der Waals surface area contributed by atoms with Gasteiger partial charge in [0.25, 0.3) is 0 Å². The molecular formula is C120H74N10O3. The summed E-state index contributed by atoms with van der Waals surface area (Å²) < 4.78 is 19.2. The maximum Gasteiger partial charge on any atom is 0.164 e. The predicted molar refractivity (Wildman–Crippen MR) is 540 cm³/mol. The van der Waals surface area contributed by atoms with E-state index >= 15 is 0 Å². The molecule has 622 valence electrons. The third-order valence-electron chi connectivity index (χ3n) is 24.5. The van der Waals surface area contributed by atoms with Gasteiger partial charge in [-0.3, -0.25) is 0 Å². The minimum atomic E-state index is 0.636. The van der Waals surface area contributed by atoms with Crippen molar-refractivity contribution in [2.45, 2.75) is 0 Å². The molecule has 0 radical (unpaired) electrons. The standard InChI is InChI=1S/C43H27N3O.C42H26N4O.C35H21N3O/c1-3-11-30(12-4-1)37-27-38(31-13-5-2-6-14-31)46-43(45-37)33-25-21-29(22-26-33)28-19-23-32(24-20-28)41-42-40(34-15-7-9-17-36(34)44-41)35-16-8-10-18-39(35)47-42;1-3-11-30(12-4-1)40-44-41(31-13-5-2-6-14-31)46-42(45-40)32-25-21-28(22-26-32)27-19-23-29(24-20-27)38-39-37(33-15-7-9-17-35(33)43-38)34-16-8-10-18-36(34)47-39;1-2-10-24(11-3-1)35-37-29-16-8-5-13-26(29)32(38-35)22-18-20-23(21-19-22)33-34-31(25-12-4-7-15-28(25)36-33)27-14-6-9-17-30(27)39-34/h1-27H;1-26H;1-21H. The molecule has 0 amide bonds. The molecule has 0 fully saturated rings.